The fourth-order valence-corrected chi connectivity index (χ4v) is 2.30. The molecule has 1 heterocycles. The van der Waals surface area contributed by atoms with Gasteiger partial charge in [-0.2, -0.15) is 0 Å². The number of hydrogen-bond acceptors (Lipinski definition) is 2. The quantitative estimate of drug-likeness (QED) is 0.750. The average Bonchev–Trinajstić information content (AvgIpc) is 2.39. The lowest BCUT2D eigenvalue weighted by molar-refractivity contribution is 0.0857. The molecule has 0 atom stereocenters. The van der Waals surface area contributed by atoms with Crippen LogP contribution in [0, 0.1) is 5.92 Å². The maximum Gasteiger partial charge on any atom is 0.165 e. The molecule has 0 amide bonds. The van der Waals surface area contributed by atoms with Crippen molar-refractivity contribution in [2.75, 3.05) is 27.2 Å². The van der Waals surface area contributed by atoms with Crippen molar-refractivity contribution >= 4 is 11.5 Å². The topological polar surface area (TPSA) is 34.4 Å². The van der Waals surface area contributed by atoms with E-state index in [1.165, 1.54) is 0 Å². The molecule has 0 spiro atoms. The van der Waals surface area contributed by atoms with Crippen LogP contribution in [0.25, 0.3) is 5.32 Å². The normalized spacial score (nSPS) is 18.0. The molecule has 3 nitrogen and oxygen atoms in total. The predicted octanol–water partition coefficient (Wildman–Crippen LogP) is 2.85. The first kappa shape index (κ1) is 12.1. The van der Waals surface area contributed by atoms with Crippen LogP contribution in [0.2, 0.25) is 0 Å². The Morgan fingerprint density at radius 1 is 1.35 bits per heavy atom. The van der Waals surface area contributed by atoms with Crippen LogP contribution in [-0.2, 0) is 0 Å². The van der Waals surface area contributed by atoms with E-state index in [0.717, 1.165) is 37.2 Å². The van der Waals surface area contributed by atoms with Gasteiger partial charge in [0.05, 0.1) is 0 Å². The molecule has 0 aliphatic carbocycles. The van der Waals surface area contributed by atoms with Gasteiger partial charge in [-0.25, -0.2) is 0 Å². The Kier molecular flexibility index (Phi) is 3.79. The van der Waals surface area contributed by atoms with E-state index >= 15 is 0 Å². The summed E-state index contributed by atoms with van der Waals surface area (Å²) in [5, 5.41) is 4.11. The summed E-state index contributed by atoms with van der Waals surface area (Å²) in [5.41, 5.74) is 1.69. The van der Waals surface area contributed by atoms with E-state index in [1.807, 2.05) is 24.3 Å². The Bertz CT molecular complexity index is 395. The van der Waals surface area contributed by atoms with Crippen molar-refractivity contribution in [2.45, 2.75) is 12.8 Å². The van der Waals surface area contributed by atoms with Gasteiger partial charge >= 0.3 is 0 Å². The van der Waals surface area contributed by atoms with Crippen LogP contribution in [0.3, 0.4) is 0 Å². The smallest absolute Gasteiger partial charge is 0.165 e. The lowest BCUT2D eigenvalue weighted by Crippen LogP contribution is -2.33. The summed E-state index contributed by atoms with van der Waals surface area (Å²) in [5.74, 6) is 0.474. The molecule has 0 saturated carbocycles. The van der Waals surface area contributed by atoms with Gasteiger partial charge in [-0.05, 0) is 33.0 Å². The lowest BCUT2D eigenvalue weighted by Gasteiger charge is -2.28. The average molecular weight is 231 g/mol. The highest BCUT2D eigenvalue weighted by Gasteiger charge is 2.23. The SMILES string of the molecule is C[N-]c1cccc(C(=O)C2CCN(C)CC2)c1. The van der Waals surface area contributed by atoms with Gasteiger partial charge in [0.15, 0.2) is 5.78 Å². The van der Waals surface area contributed by atoms with Gasteiger partial charge in [-0.15, -0.1) is 12.7 Å². The number of hydrogen-bond donors (Lipinski definition) is 0. The predicted molar refractivity (Wildman–Crippen MR) is 69.9 cm³/mol. The zero-order valence-electron chi connectivity index (χ0n) is 10.5. The van der Waals surface area contributed by atoms with E-state index in [9.17, 15) is 4.79 Å². The molecule has 0 radical (unpaired) electrons. The lowest BCUT2D eigenvalue weighted by atomic mass is 9.89. The van der Waals surface area contributed by atoms with E-state index in [1.54, 1.807) is 7.05 Å². The number of carbonyl (C=O) groups excluding carboxylic acids is 1. The number of carbonyl (C=O) groups is 1. The van der Waals surface area contributed by atoms with E-state index in [4.69, 9.17) is 0 Å². The first-order chi connectivity index (χ1) is 8.20. The highest BCUT2D eigenvalue weighted by Crippen LogP contribution is 2.24. The first-order valence-electron chi connectivity index (χ1n) is 6.13. The molecule has 1 saturated heterocycles. The van der Waals surface area contributed by atoms with Crippen molar-refractivity contribution < 1.29 is 4.79 Å². The minimum Gasteiger partial charge on any atom is -0.687 e. The zero-order chi connectivity index (χ0) is 12.3. The summed E-state index contributed by atoms with van der Waals surface area (Å²) in [7, 11) is 3.86. The molecule has 0 unspecified atom stereocenters. The number of piperidine rings is 1. The second-order valence-corrected chi connectivity index (χ2v) is 4.72. The van der Waals surface area contributed by atoms with Crippen molar-refractivity contribution in [2.24, 2.45) is 5.92 Å². The molecule has 0 bridgehead atoms. The third kappa shape index (κ3) is 2.86. The standard InChI is InChI=1S/C14H19N2O/c1-15-13-5-3-4-12(10-13)14(17)11-6-8-16(2)9-7-11/h3-5,10-11H,6-9H2,1-2H3/q-1. The number of likely N-dealkylation sites (tertiary alicyclic amines) is 1. The maximum atomic E-state index is 12.3. The highest BCUT2D eigenvalue weighted by atomic mass is 16.1. The molecule has 3 heteroatoms. The zero-order valence-corrected chi connectivity index (χ0v) is 10.5. The molecule has 1 aliphatic heterocycles. The summed E-state index contributed by atoms with van der Waals surface area (Å²) in [4.78, 5) is 14.6. The molecule has 2 rings (SSSR count). The van der Waals surface area contributed by atoms with Crippen LogP contribution in [-0.4, -0.2) is 37.9 Å². The summed E-state index contributed by atoms with van der Waals surface area (Å²) < 4.78 is 0. The molecular formula is C14H19N2O-. The summed E-state index contributed by atoms with van der Waals surface area (Å²) in [6.07, 6.45) is 1.95. The van der Waals surface area contributed by atoms with Crippen molar-refractivity contribution in [1.82, 2.24) is 4.90 Å². The maximum absolute atomic E-state index is 12.3. The number of rotatable bonds is 3. The van der Waals surface area contributed by atoms with Crippen LogP contribution in [0.5, 0.6) is 0 Å². The van der Waals surface area contributed by atoms with Crippen LogP contribution < -0.4 is 0 Å². The summed E-state index contributed by atoms with van der Waals surface area (Å²) >= 11 is 0. The molecule has 1 aliphatic rings. The van der Waals surface area contributed by atoms with Crippen LogP contribution in [0.1, 0.15) is 23.2 Å². The molecule has 0 aromatic heterocycles. The fourth-order valence-electron chi connectivity index (χ4n) is 2.30. The molecule has 17 heavy (non-hydrogen) atoms. The van der Waals surface area contributed by atoms with Crippen LogP contribution >= 0.6 is 0 Å². The van der Waals surface area contributed by atoms with Gasteiger partial charge < -0.3 is 10.2 Å². The molecule has 0 N–H and O–H groups in total. The number of nitrogens with zero attached hydrogens (tertiary/aromatic N) is 2. The number of Topliss-reactive ketones (excluding diaryl/α,β-unsaturated/α-hetero) is 1. The van der Waals surface area contributed by atoms with Gasteiger partial charge in [0.1, 0.15) is 0 Å². The molecule has 1 aromatic carbocycles. The third-order valence-electron chi connectivity index (χ3n) is 3.48. The van der Waals surface area contributed by atoms with Gasteiger partial charge in [0.25, 0.3) is 0 Å². The first-order valence-corrected chi connectivity index (χ1v) is 6.13. The fraction of sp³-hybridized carbons (Fsp3) is 0.500. The monoisotopic (exact) mass is 231 g/mol. The van der Waals surface area contributed by atoms with Crippen LogP contribution in [0.15, 0.2) is 24.3 Å². The number of benzene rings is 1. The Balaban J connectivity index is 2.08. The minimum absolute atomic E-state index is 0.193. The summed E-state index contributed by atoms with van der Waals surface area (Å²) in [6.45, 7) is 2.04. The van der Waals surface area contributed by atoms with Crippen molar-refractivity contribution in [3.05, 3.63) is 35.1 Å². The second-order valence-electron chi connectivity index (χ2n) is 4.72. The van der Waals surface area contributed by atoms with Gasteiger partial charge in [-0.1, -0.05) is 24.3 Å². The molecule has 92 valence electrons. The van der Waals surface area contributed by atoms with E-state index in [-0.39, 0.29) is 11.7 Å². The van der Waals surface area contributed by atoms with Crippen molar-refractivity contribution in [3.8, 4) is 0 Å². The van der Waals surface area contributed by atoms with E-state index in [0.29, 0.717) is 0 Å². The Labute approximate surface area is 103 Å². The molecule has 1 fully saturated rings. The summed E-state index contributed by atoms with van der Waals surface area (Å²) in [6, 6.07) is 7.62. The molecule has 1 aromatic rings. The van der Waals surface area contributed by atoms with Crippen molar-refractivity contribution in [3.63, 3.8) is 0 Å². The largest absolute Gasteiger partial charge is 0.687 e. The van der Waals surface area contributed by atoms with Gasteiger partial charge in [0.2, 0.25) is 0 Å². The van der Waals surface area contributed by atoms with Gasteiger partial charge in [0, 0.05) is 11.5 Å². The van der Waals surface area contributed by atoms with Crippen molar-refractivity contribution in [1.29, 1.82) is 0 Å². The minimum atomic E-state index is 0.193. The van der Waals surface area contributed by atoms with E-state index in [2.05, 4.69) is 17.3 Å². The highest BCUT2D eigenvalue weighted by molar-refractivity contribution is 5.98. The second kappa shape index (κ2) is 5.32. The Morgan fingerprint density at radius 2 is 2.06 bits per heavy atom. The van der Waals surface area contributed by atoms with Gasteiger partial charge in [-0.3, -0.25) is 4.79 Å². The van der Waals surface area contributed by atoms with Crippen LogP contribution in [0.4, 0.5) is 5.69 Å². The number of ketones is 1. The van der Waals surface area contributed by atoms with E-state index < -0.39 is 0 Å². The Morgan fingerprint density at radius 3 is 2.71 bits per heavy atom. The third-order valence-corrected chi connectivity index (χ3v) is 3.48. The molecular weight excluding hydrogens is 212 g/mol. The Hall–Kier alpha value is -1.35.